The molecule has 174 valence electrons. The molecule has 1 N–H and O–H groups in total. The average Bonchev–Trinajstić information content (AvgIpc) is 3.64. The first-order valence-corrected chi connectivity index (χ1v) is 12.3. The molecule has 1 spiro atoms. The zero-order chi connectivity index (χ0) is 22.8. The van der Waals surface area contributed by atoms with Crippen LogP contribution in [0.25, 0.3) is 0 Å². The van der Waals surface area contributed by atoms with Crippen LogP contribution in [0.4, 0.5) is 0 Å². The van der Waals surface area contributed by atoms with Crippen LogP contribution < -0.4 is 5.32 Å². The Morgan fingerprint density at radius 2 is 1.94 bits per heavy atom. The van der Waals surface area contributed by atoms with E-state index in [9.17, 15) is 9.59 Å². The van der Waals surface area contributed by atoms with Gasteiger partial charge in [-0.15, -0.1) is 0 Å². The van der Waals surface area contributed by atoms with Gasteiger partial charge in [0, 0.05) is 43.7 Å². The number of pyridine rings is 1. The molecule has 2 aromatic rings. The van der Waals surface area contributed by atoms with E-state index in [4.69, 9.17) is 4.74 Å². The maximum absolute atomic E-state index is 12.8. The molecule has 2 atom stereocenters. The molecule has 1 saturated heterocycles. The number of nitrogens with one attached hydrogen (secondary N) is 1. The van der Waals surface area contributed by atoms with Crippen molar-refractivity contribution in [2.75, 3.05) is 13.1 Å². The third-order valence-electron chi connectivity index (χ3n) is 7.64. The number of aromatic nitrogens is 1. The summed E-state index contributed by atoms with van der Waals surface area (Å²) >= 11 is 0. The van der Waals surface area contributed by atoms with Gasteiger partial charge in [0.1, 0.15) is 0 Å². The number of hydrogen-bond acceptors (Lipinski definition) is 4. The third kappa shape index (κ3) is 4.41. The second-order valence-electron chi connectivity index (χ2n) is 9.76. The van der Waals surface area contributed by atoms with E-state index in [1.165, 1.54) is 18.4 Å². The molecule has 1 aromatic carbocycles. The van der Waals surface area contributed by atoms with Crippen LogP contribution in [0.1, 0.15) is 68.2 Å². The third-order valence-corrected chi connectivity index (χ3v) is 7.64. The van der Waals surface area contributed by atoms with Gasteiger partial charge in [-0.1, -0.05) is 37.3 Å². The van der Waals surface area contributed by atoms with E-state index >= 15 is 0 Å². The lowest BCUT2D eigenvalue weighted by molar-refractivity contribution is -0.134. The summed E-state index contributed by atoms with van der Waals surface area (Å²) in [5, 5.41) is 3.25. The first-order valence-electron chi connectivity index (χ1n) is 12.3. The van der Waals surface area contributed by atoms with Crippen LogP contribution in [0.2, 0.25) is 0 Å². The Kier molecular flexibility index (Phi) is 6.19. The Morgan fingerprint density at radius 3 is 2.64 bits per heavy atom. The first kappa shape index (κ1) is 22.1. The predicted octanol–water partition coefficient (Wildman–Crippen LogP) is 3.91. The number of amides is 2. The number of carbonyl (C=O) groups is 2. The number of hydrogen-bond donors (Lipinski definition) is 1. The summed E-state index contributed by atoms with van der Waals surface area (Å²) in [7, 11) is 0. The molecule has 6 nitrogen and oxygen atoms in total. The van der Waals surface area contributed by atoms with E-state index in [1.807, 2.05) is 36.2 Å². The molecule has 6 heteroatoms. The van der Waals surface area contributed by atoms with Gasteiger partial charge in [-0.3, -0.25) is 14.6 Å². The van der Waals surface area contributed by atoms with E-state index in [0.29, 0.717) is 31.3 Å². The van der Waals surface area contributed by atoms with Gasteiger partial charge in [-0.25, -0.2) is 0 Å². The molecule has 1 aromatic heterocycles. The van der Waals surface area contributed by atoms with Crippen molar-refractivity contribution in [1.29, 1.82) is 0 Å². The summed E-state index contributed by atoms with van der Waals surface area (Å²) < 4.78 is 6.63. The average molecular weight is 448 g/mol. The van der Waals surface area contributed by atoms with Crippen LogP contribution in [-0.4, -0.2) is 40.9 Å². The molecule has 2 heterocycles. The number of rotatable bonds is 7. The second-order valence-corrected chi connectivity index (χ2v) is 9.76. The minimum absolute atomic E-state index is 0.0267. The summed E-state index contributed by atoms with van der Waals surface area (Å²) in [6.07, 6.45) is 8.60. The monoisotopic (exact) mass is 447 g/mol. The summed E-state index contributed by atoms with van der Waals surface area (Å²) in [6, 6.07) is 12.2. The van der Waals surface area contributed by atoms with E-state index in [1.54, 1.807) is 6.20 Å². The topological polar surface area (TPSA) is 71.5 Å². The maximum Gasteiger partial charge on any atom is 0.222 e. The van der Waals surface area contributed by atoms with Gasteiger partial charge in [0.05, 0.1) is 18.8 Å². The number of piperidine rings is 1. The zero-order valence-corrected chi connectivity index (χ0v) is 19.3. The van der Waals surface area contributed by atoms with Gasteiger partial charge >= 0.3 is 0 Å². The van der Waals surface area contributed by atoms with Crippen molar-refractivity contribution < 1.29 is 14.3 Å². The van der Waals surface area contributed by atoms with Crippen molar-refractivity contribution in [3.8, 4) is 0 Å². The highest BCUT2D eigenvalue weighted by molar-refractivity contribution is 5.77. The van der Waals surface area contributed by atoms with Crippen LogP contribution in [0, 0.1) is 5.92 Å². The number of nitrogens with zero attached hydrogens (tertiary/aromatic N) is 2. The second kappa shape index (κ2) is 9.26. The molecule has 0 radical (unpaired) electrons. The lowest BCUT2D eigenvalue weighted by Crippen LogP contribution is -2.52. The minimum atomic E-state index is -0.221. The highest BCUT2D eigenvalue weighted by Gasteiger charge is 2.54. The van der Waals surface area contributed by atoms with Crippen molar-refractivity contribution in [3.05, 3.63) is 65.5 Å². The van der Waals surface area contributed by atoms with Gasteiger partial charge in [-0.05, 0) is 54.4 Å². The standard InChI is InChI=1S/C27H33N3O3/c1-2-23(31)29-25-21-7-3-4-8-22(21)27(26(25)33-18-20-6-5-13-28-17-20)11-14-30(15-12-27)24(32)16-19-9-10-19/h3-8,13,17,19,25-26H,2,9-12,14-16,18H2,1H3,(H,29,31)/t25-,26+/m1/s1. The lowest BCUT2D eigenvalue weighted by atomic mass is 9.71. The number of carbonyl (C=O) groups excluding carboxylic acids is 2. The predicted molar refractivity (Wildman–Crippen MR) is 125 cm³/mol. The zero-order valence-electron chi connectivity index (χ0n) is 19.3. The first-order chi connectivity index (χ1) is 16.1. The van der Waals surface area contributed by atoms with Crippen LogP contribution >= 0.6 is 0 Å². The Hall–Kier alpha value is -2.73. The number of fused-ring (bicyclic) bond motifs is 2. The summed E-state index contributed by atoms with van der Waals surface area (Å²) in [4.78, 5) is 31.5. The minimum Gasteiger partial charge on any atom is -0.370 e. The van der Waals surface area contributed by atoms with Crippen LogP contribution in [0.5, 0.6) is 0 Å². The van der Waals surface area contributed by atoms with Crippen molar-refractivity contribution in [2.45, 2.75) is 69.6 Å². The van der Waals surface area contributed by atoms with Gasteiger partial charge in [0.25, 0.3) is 0 Å². The molecule has 1 saturated carbocycles. The van der Waals surface area contributed by atoms with E-state index in [-0.39, 0.29) is 23.5 Å². The highest BCUT2D eigenvalue weighted by Crippen LogP contribution is 2.52. The normalized spacial score (nSPS) is 23.4. The molecule has 0 unspecified atom stereocenters. The van der Waals surface area contributed by atoms with Crippen molar-refractivity contribution in [1.82, 2.24) is 15.2 Å². The Bertz CT molecular complexity index is 997. The summed E-state index contributed by atoms with van der Waals surface area (Å²) in [5.41, 5.74) is 3.20. The van der Waals surface area contributed by atoms with Crippen molar-refractivity contribution in [3.63, 3.8) is 0 Å². The SMILES string of the molecule is CCC(=O)N[C@@H]1c2ccccc2C2(CCN(C(=O)CC3CC3)CC2)[C@H]1OCc1cccnc1. The van der Waals surface area contributed by atoms with Crippen molar-refractivity contribution in [2.24, 2.45) is 5.92 Å². The van der Waals surface area contributed by atoms with Crippen LogP contribution in [-0.2, 0) is 26.3 Å². The van der Waals surface area contributed by atoms with Crippen LogP contribution in [0.15, 0.2) is 48.8 Å². The smallest absolute Gasteiger partial charge is 0.222 e. The van der Waals surface area contributed by atoms with Crippen molar-refractivity contribution >= 4 is 11.8 Å². The fraction of sp³-hybridized carbons (Fsp3) is 0.519. The molecular weight excluding hydrogens is 414 g/mol. The fourth-order valence-electron chi connectivity index (χ4n) is 5.62. The Morgan fingerprint density at radius 1 is 1.15 bits per heavy atom. The van der Waals surface area contributed by atoms with E-state index in [0.717, 1.165) is 37.1 Å². The van der Waals surface area contributed by atoms with Gasteiger partial charge in [0.2, 0.25) is 11.8 Å². The summed E-state index contributed by atoms with van der Waals surface area (Å²) in [5.74, 6) is 0.922. The van der Waals surface area contributed by atoms with Crippen LogP contribution in [0.3, 0.4) is 0 Å². The molecular formula is C27H33N3O3. The van der Waals surface area contributed by atoms with Gasteiger partial charge in [0.15, 0.2) is 0 Å². The molecule has 33 heavy (non-hydrogen) atoms. The van der Waals surface area contributed by atoms with E-state index in [2.05, 4.69) is 28.5 Å². The lowest BCUT2D eigenvalue weighted by Gasteiger charge is -2.44. The molecule has 1 aliphatic heterocycles. The van der Waals surface area contributed by atoms with Gasteiger partial charge in [-0.2, -0.15) is 0 Å². The maximum atomic E-state index is 12.8. The molecule has 2 amide bonds. The van der Waals surface area contributed by atoms with E-state index < -0.39 is 0 Å². The van der Waals surface area contributed by atoms with Gasteiger partial charge < -0.3 is 15.0 Å². The quantitative estimate of drug-likeness (QED) is 0.699. The molecule has 2 aliphatic carbocycles. The number of ether oxygens (including phenoxy) is 1. The fourth-order valence-corrected chi connectivity index (χ4v) is 5.62. The largest absolute Gasteiger partial charge is 0.370 e. The Balaban J connectivity index is 1.42. The number of benzene rings is 1. The number of likely N-dealkylation sites (tertiary alicyclic amines) is 1. The molecule has 5 rings (SSSR count). The summed E-state index contributed by atoms with van der Waals surface area (Å²) in [6.45, 7) is 3.79. The molecule has 3 aliphatic rings. The Labute approximate surface area is 195 Å². The molecule has 0 bridgehead atoms. The molecule has 2 fully saturated rings. The highest BCUT2D eigenvalue weighted by atomic mass is 16.5.